The summed E-state index contributed by atoms with van der Waals surface area (Å²) in [5.74, 6) is 0.315. The Morgan fingerprint density at radius 1 is 0.622 bits per heavy atom. The van der Waals surface area contributed by atoms with E-state index in [0.29, 0.717) is 6.42 Å². The number of carbonyl (C=O) groups is 4. The number of hydrogen-bond acceptors (Lipinski definition) is 9. The lowest BCUT2D eigenvalue weighted by molar-refractivity contribution is -0.253. The van der Waals surface area contributed by atoms with E-state index >= 15 is 0 Å². The molecule has 0 radical (unpaired) electrons. The molecule has 9 nitrogen and oxygen atoms in total. The van der Waals surface area contributed by atoms with Gasteiger partial charge in [-0.25, -0.2) is 0 Å². The lowest BCUT2D eigenvalue weighted by Crippen LogP contribution is -2.62. The van der Waals surface area contributed by atoms with Crippen LogP contribution in [-0.2, 0) is 42.9 Å². The number of esters is 4. The Labute approximate surface area is 221 Å². The summed E-state index contributed by atoms with van der Waals surface area (Å²) in [6.45, 7) is 4.74. The van der Waals surface area contributed by atoms with Gasteiger partial charge in [-0.2, -0.15) is 0 Å². The number of ether oxygens (including phenoxy) is 5. The Bertz CT molecular complexity index is 757. The summed E-state index contributed by atoms with van der Waals surface area (Å²) in [4.78, 5) is 47.0. The molecule has 0 amide bonds. The molecule has 1 fully saturated rings. The highest BCUT2D eigenvalue weighted by atomic mass is 16.7. The second-order valence-corrected chi connectivity index (χ2v) is 9.52. The predicted molar refractivity (Wildman–Crippen MR) is 136 cm³/mol. The molecule has 0 saturated carbocycles. The lowest BCUT2D eigenvalue weighted by Gasteiger charge is -2.44. The first-order valence-corrected chi connectivity index (χ1v) is 13.4. The van der Waals surface area contributed by atoms with Gasteiger partial charge in [0.1, 0.15) is 12.7 Å². The van der Waals surface area contributed by atoms with Crippen LogP contribution in [0.3, 0.4) is 0 Å². The van der Waals surface area contributed by atoms with Gasteiger partial charge >= 0.3 is 23.9 Å². The molecule has 1 aliphatic heterocycles. The molecule has 9 heteroatoms. The molecule has 210 valence electrons. The van der Waals surface area contributed by atoms with Gasteiger partial charge in [0.15, 0.2) is 18.3 Å². The maximum atomic E-state index is 11.9. The zero-order valence-electron chi connectivity index (χ0n) is 22.8. The molecule has 0 unspecified atom stereocenters. The summed E-state index contributed by atoms with van der Waals surface area (Å²) >= 11 is 0. The van der Waals surface area contributed by atoms with Crippen molar-refractivity contribution in [3.05, 3.63) is 0 Å². The third-order valence-corrected chi connectivity index (χ3v) is 6.15. The minimum absolute atomic E-state index is 0.197. The molecule has 5 atom stereocenters. The van der Waals surface area contributed by atoms with Crippen LogP contribution in [0.5, 0.6) is 0 Å². The van der Waals surface area contributed by atoms with Crippen molar-refractivity contribution in [3.63, 3.8) is 0 Å². The van der Waals surface area contributed by atoms with Crippen LogP contribution in [-0.4, -0.2) is 61.0 Å². The van der Waals surface area contributed by atoms with Crippen molar-refractivity contribution in [1.82, 2.24) is 0 Å². The van der Waals surface area contributed by atoms with E-state index in [1.165, 1.54) is 59.8 Å². The zero-order valence-corrected chi connectivity index (χ0v) is 22.8. The molecule has 0 spiro atoms. The average molecular weight is 525 g/mol. The van der Waals surface area contributed by atoms with E-state index in [0.717, 1.165) is 38.5 Å². The number of rotatable bonds is 17. The normalized spacial score (nSPS) is 22.9. The second kappa shape index (κ2) is 18.6. The maximum Gasteiger partial charge on any atom is 0.303 e. The first-order valence-electron chi connectivity index (χ1n) is 13.4. The molecule has 0 aliphatic carbocycles. The lowest BCUT2D eigenvalue weighted by atomic mass is 9.91. The van der Waals surface area contributed by atoms with E-state index in [2.05, 4.69) is 5.92 Å². The summed E-state index contributed by atoms with van der Waals surface area (Å²) in [5, 5.41) is 0. The standard InChI is InChI=1S/C28H44O9/c1-6-7-8-9-10-11-12-13-14-15-16-17-18-24-26(34-21(3)30)28(36-23(5)32)27(35-22(4)31)25(37-24)19-33-20(2)29/h1,24-28H,7-19H2,2-5H3/t24-,25-,26-,27-,28-/m1/s1. The molecule has 1 aliphatic rings. The van der Waals surface area contributed by atoms with Crippen LogP contribution in [0, 0.1) is 12.3 Å². The van der Waals surface area contributed by atoms with Crippen LogP contribution >= 0.6 is 0 Å². The van der Waals surface area contributed by atoms with Gasteiger partial charge in [-0.1, -0.05) is 57.8 Å². The van der Waals surface area contributed by atoms with Gasteiger partial charge in [0.25, 0.3) is 0 Å². The molecule has 1 rings (SSSR count). The summed E-state index contributed by atoms with van der Waals surface area (Å²) < 4.78 is 27.6. The van der Waals surface area contributed by atoms with Crippen LogP contribution in [0.15, 0.2) is 0 Å². The van der Waals surface area contributed by atoms with Crippen LogP contribution < -0.4 is 0 Å². The van der Waals surface area contributed by atoms with Crippen molar-refractivity contribution in [2.24, 2.45) is 0 Å². The van der Waals surface area contributed by atoms with Crippen molar-refractivity contribution >= 4 is 23.9 Å². The van der Waals surface area contributed by atoms with Crippen LogP contribution in [0.4, 0.5) is 0 Å². The highest BCUT2D eigenvalue weighted by Gasteiger charge is 2.51. The van der Waals surface area contributed by atoms with Crippen molar-refractivity contribution < 1.29 is 42.9 Å². The fourth-order valence-electron chi connectivity index (χ4n) is 4.54. The molecule has 0 N–H and O–H groups in total. The van der Waals surface area contributed by atoms with Crippen molar-refractivity contribution in [3.8, 4) is 12.3 Å². The van der Waals surface area contributed by atoms with Crippen LogP contribution in [0.25, 0.3) is 0 Å². The van der Waals surface area contributed by atoms with Gasteiger partial charge in [0.05, 0.1) is 6.10 Å². The van der Waals surface area contributed by atoms with Gasteiger partial charge in [0.2, 0.25) is 0 Å². The van der Waals surface area contributed by atoms with E-state index in [1.54, 1.807) is 0 Å². The molecule has 1 heterocycles. The number of hydrogen-bond donors (Lipinski definition) is 0. The monoisotopic (exact) mass is 524 g/mol. The van der Waals surface area contributed by atoms with E-state index in [-0.39, 0.29) is 6.61 Å². The van der Waals surface area contributed by atoms with E-state index in [4.69, 9.17) is 30.1 Å². The van der Waals surface area contributed by atoms with Gasteiger partial charge < -0.3 is 23.7 Å². The zero-order chi connectivity index (χ0) is 27.6. The summed E-state index contributed by atoms with van der Waals surface area (Å²) in [6, 6.07) is 0. The van der Waals surface area contributed by atoms with Crippen molar-refractivity contribution in [1.29, 1.82) is 0 Å². The quantitative estimate of drug-likeness (QED) is 0.118. The Balaban J connectivity index is 2.72. The molecular formula is C28H44O9. The largest absolute Gasteiger partial charge is 0.463 e. The van der Waals surface area contributed by atoms with Gasteiger partial charge in [0, 0.05) is 34.1 Å². The first-order chi connectivity index (χ1) is 17.6. The third kappa shape index (κ3) is 14.1. The molecule has 0 aromatic carbocycles. The maximum absolute atomic E-state index is 11.9. The number of carbonyl (C=O) groups excluding carboxylic acids is 4. The highest BCUT2D eigenvalue weighted by Crippen LogP contribution is 2.31. The minimum atomic E-state index is -1.10. The van der Waals surface area contributed by atoms with Crippen LogP contribution in [0.1, 0.15) is 105 Å². The van der Waals surface area contributed by atoms with Gasteiger partial charge in [-0.05, 0) is 12.8 Å². The fourth-order valence-corrected chi connectivity index (χ4v) is 4.54. The van der Waals surface area contributed by atoms with Crippen molar-refractivity contribution in [2.75, 3.05) is 6.61 Å². The first kappa shape index (κ1) is 32.4. The van der Waals surface area contributed by atoms with Crippen molar-refractivity contribution in [2.45, 2.75) is 135 Å². The van der Waals surface area contributed by atoms with Gasteiger partial charge in [-0.3, -0.25) is 19.2 Å². The van der Waals surface area contributed by atoms with E-state index < -0.39 is 54.4 Å². The smallest absolute Gasteiger partial charge is 0.303 e. The Kier molecular flexibility index (Phi) is 16.3. The van der Waals surface area contributed by atoms with Gasteiger partial charge in [-0.15, -0.1) is 12.3 Å². The molecule has 1 saturated heterocycles. The summed E-state index contributed by atoms with van der Waals surface area (Å²) in [5.41, 5.74) is 0. The molecular weight excluding hydrogens is 480 g/mol. The summed E-state index contributed by atoms with van der Waals surface area (Å²) in [7, 11) is 0. The van der Waals surface area contributed by atoms with E-state index in [9.17, 15) is 19.2 Å². The Hall–Kier alpha value is -2.60. The topological polar surface area (TPSA) is 114 Å². The SMILES string of the molecule is C#CCCCCCCCCCCCC[C@H]1O[C@H](COC(C)=O)[C@@H](OC(C)=O)[C@H](OC(C)=O)[C@@H]1OC(C)=O. The Morgan fingerprint density at radius 2 is 1.05 bits per heavy atom. The molecule has 0 aromatic rings. The number of terminal acetylenes is 1. The minimum Gasteiger partial charge on any atom is -0.463 e. The molecule has 0 aromatic heterocycles. The highest BCUT2D eigenvalue weighted by molar-refractivity contribution is 5.68. The summed E-state index contributed by atoms with van der Waals surface area (Å²) in [6.07, 6.45) is 13.2. The molecule has 0 bridgehead atoms. The third-order valence-electron chi connectivity index (χ3n) is 6.15. The average Bonchev–Trinajstić information content (AvgIpc) is 2.81. The molecule has 37 heavy (non-hydrogen) atoms. The van der Waals surface area contributed by atoms with E-state index in [1.807, 2.05) is 0 Å². The Morgan fingerprint density at radius 3 is 1.51 bits per heavy atom. The van der Waals surface area contributed by atoms with Crippen LogP contribution in [0.2, 0.25) is 0 Å². The predicted octanol–water partition coefficient (Wildman–Crippen LogP) is 4.43. The number of unbranched alkanes of at least 4 members (excludes halogenated alkanes) is 10. The second-order valence-electron chi connectivity index (χ2n) is 9.52. The fraction of sp³-hybridized carbons (Fsp3) is 0.786.